The molecular formula is C29H41NO6. The molecule has 0 aromatic heterocycles. The highest BCUT2D eigenvalue weighted by Crippen LogP contribution is 2.47. The predicted octanol–water partition coefficient (Wildman–Crippen LogP) is 4.42. The summed E-state index contributed by atoms with van der Waals surface area (Å²) in [5, 5.41) is 10.8. The van der Waals surface area contributed by atoms with Crippen molar-refractivity contribution in [2.24, 2.45) is 5.41 Å². The van der Waals surface area contributed by atoms with Gasteiger partial charge in [-0.25, -0.2) is 0 Å². The second-order valence-corrected chi connectivity index (χ2v) is 10.5. The van der Waals surface area contributed by atoms with Gasteiger partial charge in [0.25, 0.3) is 0 Å². The topological polar surface area (TPSA) is 77.5 Å². The summed E-state index contributed by atoms with van der Waals surface area (Å²) in [5.41, 5.74) is 1.26. The SMILES string of the molecule is COc1ccc(C2CN(C(C=O)OCc3ccccc3)CC2(C)[C@@H](C)O)cc1OCCC(C)(C)OC. The van der Waals surface area contributed by atoms with Crippen LogP contribution in [0.3, 0.4) is 0 Å². The molecule has 1 N–H and O–H groups in total. The van der Waals surface area contributed by atoms with E-state index in [0.29, 0.717) is 37.8 Å². The van der Waals surface area contributed by atoms with Gasteiger partial charge in [-0.1, -0.05) is 43.3 Å². The molecule has 0 radical (unpaired) electrons. The molecule has 2 aromatic carbocycles. The summed E-state index contributed by atoms with van der Waals surface area (Å²) < 4.78 is 23.1. The maximum atomic E-state index is 12.0. The lowest BCUT2D eigenvalue weighted by atomic mass is 9.72. The highest BCUT2D eigenvalue weighted by Gasteiger charge is 2.49. The molecule has 0 spiro atoms. The maximum absolute atomic E-state index is 12.0. The Bertz CT molecular complexity index is 979. The van der Waals surface area contributed by atoms with E-state index in [9.17, 15) is 9.90 Å². The van der Waals surface area contributed by atoms with Gasteiger partial charge in [-0.15, -0.1) is 0 Å². The van der Waals surface area contributed by atoms with Gasteiger partial charge in [-0.3, -0.25) is 9.69 Å². The summed E-state index contributed by atoms with van der Waals surface area (Å²) >= 11 is 0. The van der Waals surface area contributed by atoms with Crippen LogP contribution in [0.4, 0.5) is 0 Å². The van der Waals surface area contributed by atoms with Gasteiger partial charge < -0.3 is 24.1 Å². The van der Waals surface area contributed by atoms with Crippen molar-refractivity contribution >= 4 is 6.29 Å². The molecule has 1 saturated heterocycles. The molecular weight excluding hydrogens is 458 g/mol. The van der Waals surface area contributed by atoms with Crippen molar-refractivity contribution < 1.29 is 28.8 Å². The lowest BCUT2D eigenvalue weighted by Gasteiger charge is -2.34. The fraction of sp³-hybridized carbons (Fsp3) is 0.552. The van der Waals surface area contributed by atoms with Crippen LogP contribution in [-0.4, -0.2) is 68.1 Å². The summed E-state index contributed by atoms with van der Waals surface area (Å²) in [5.74, 6) is 1.27. The summed E-state index contributed by atoms with van der Waals surface area (Å²) in [6.07, 6.45) is 0.272. The predicted molar refractivity (Wildman–Crippen MR) is 139 cm³/mol. The molecule has 3 rings (SSSR count). The van der Waals surface area contributed by atoms with Crippen LogP contribution in [0, 0.1) is 5.41 Å². The fourth-order valence-electron chi connectivity index (χ4n) is 4.68. The van der Waals surface area contributed by atoms with Gasteiger partial charge in [0.2, 0.25) is 0 Å². The maximum Gasteiger partial charge on any atom is 0.167 e. The number of aliphatic hydroxyl groups excluding tert-OH is 1. The van der Waals surface area contributed by atoms with E-state index in [1.807, 2.05) is 74.2 Å². The number of hydrogen-bond acceptors (Lipinski definition) is 7. The minimum absolute atomic E-state index is 0.0380. The van der Waals surface area contributed by atoms with Crippen LogP contribution in [0.2, 0.25) is 0 Å². The number of hydrogen-bond donors (Lipinski definition) is 1. The Morgan fingerprint density at radius 2 is 1.89 bits per heavy atom. The van der Waals surface area contributed by atoms with Crippen LogP contribution in [0.25, 0.3) is 0 Å². The normalized spacial score (nSPS) is 22.2. The van der Waals surface area contributed by atoms with E-state index in [-0.39, 0.29) is 11.5 Å². The first-order valence-electron chi connectivity index (χ1n) is 12.5. The Labute approximate surface area is 215 Å². The van der Waals surface area contributed by atoms with Gasteiger partial charge in [-0.2, -0.15) is 0 Å². The van der Waals surface area contributed by atoms with Crippen LogP contribution in [-0.2, 0) is 20.9 Å². The van der Waals surface area contributed by atoms with E-state index in [4.69, 9.17) is 18.9 Å². The van der Waals surface area contributed by atoms with E-state index in [1.54, 1.807) is 14.2 Å². The molecule has 0 aliphatic carbocycles. The number of ether oxygens (including phenoxy) is 4. The monoisotopic (exact) mass is 499 g/mol. The third-order valence-electron chi connectivity index (χ3n) is 7.56. The van der Waals surface area contributed by atoms with Crippen LogP contribution in [0.1, 0.15) is 51.2 Å². The molecule has 0 amide bonds. The van der Waals surface area contributed by atoms with Gasteiger partial charge in [0.05, 0.1) is 32.0 Å². The molecule has 0 bridgehead atoms. The van der Waals surface area contributed by atoms with Gasteiger partial charge in [0.15, 0.2) is 24.0 Å². The fourth-order valence-corrected chi connectivity index (χ4v) is 4.68. The second-order valence-electron chi connectivity index (χ2n) is 10.5. The molecule has 7 heteroatoms. The van der Waals surface area contributed by atoms with Gasteiger partial charge in [0, 0.05) is 38.0 Å². The van der Waals surface area contributed by atoms with E-state index >= 15 is 0 Å². The summed E-state index contributed by atoms with van der Waals surface area (Å²) in [4.78, 5) is 14.0. The summed E-state index contributed by atoms with van der Waals surface area (Å²) in [7, 11) is 3.32. The number of likely N-dealkylation sites (tertiary alicyclic amines) is 1. The molecule has 2 aromatic rings. The van der Waals surface area contributed by atoms with Gasteiger partial charge >= 0.3 is 0 Å². The Kier molecular flexibility index (Phi) is 9.53. The number of benzene rings is 2. The first-order valence-corrected chi connectivity index (χ1v) is 12.5. The first kappa shape index (κ1) is 28.1. The number of carbonyl (C=O) groups is 1. The van der Waals surface area contributed by atoms with Crippen molar-refractivity contribution in [3.63, 3.8) is 0 Å². The third-order valence-corrected chi connectivity index (χ3v) is 7.56. The quantitative estimate of drug-likeness (QED) is 0.409. The highest BCUT2D eigenvalue weighted by molar-refractivity contribution is 5.56. The summed E-state index contributed by atoms with van der Waals surface area (Å²) in [6.45, 7) is 9.84. The zero-order valence-corrected chi connectivity index (χ0v) is 22.4. The molecule has 198 valence electrons. The van der Waals surface area contributed by atoms with Crippen molar-refractivity contribution in [2.75, 3.05) is 33.9 Å². The van der Waals surface area contributed by atoms with Crippen LogP contribution in [0.5, 0.6) is 11.5 Å². The molecule has 3 unspecified atom stereocenters. The van der Waals surface area contributed by atoms with E-state index in [2.05, 4.69) is 6.92 Å². The molecule has 4 atom stereocenters. The zero-order chi connectivity index (χ0) is 26.3. The van der Waals surface area contributed by atoms with Crippen molar-refractivity contribution in [3.05, 3.63) is 59.7 Å². The average molecular weight is 500 g/mol. The molecule has 1 heterocycles. The van der Waals surface area contributed by atoms with E-state index in [0.717, 1.165) is 23.8 Å². The van der Waals surface area contributed by atoms with Gasteiger partial charge in [-0.05, 0) is 44.0 Å². The lowest BCUT2D eigenvalue weighted by molar-refractivity contribution is -0.132. The van der Waals surface area contributed by atoms with Gasteiger partial charge in [0.1, 0.15) is 0 Å². The number of rotatable bonds is 13. The van der Waals surface area contributed by atoms with Crippen molar-refractivity contribution in [2.45, 2.75) is 64.6 Å². The number of aliphatic hydroxyl groups is 1. The smallest absolute Gasteiger partial charge is 0.167 e. The third kappa shape index (κ3) is 6.65. The van der Waals surface area contributed by atoms with E-state index < -0.39 is 17.7 Å². The number of methoxy groups -OCH3 is 2. The summed E-state index contributed by atoms with van der Waals surface area (Å²) in [6, 6.07) is 15.7. The first-order chi connectivity index (χ1) is 17.1. The largest absolute Gasteiger partial charge is 0.493 e. The number of nitrogens with zero attached hydrogens (tertiary/aromatic N) is 1. The minimum atomic E-state index is -0.696. The Hall–Kier alpha value is -2.45. The highest BCUT2D eigenvalue weighted by atomic mass is 16.5. The molecule has 0 saturated carbocycles. The number of carbonyl (C=O) groups excluding carboxylic acids is 1. The van der Waals surface area contributed by atoms with Crippen LogP contribution < -0.4 is 9.47 Å². The molecule has 1 aliphatic rings. The molecule has 1 aliphatic heterocycles. The van der Waals surface area contributed by atoms with E-state index in [1.165, 1.54) is 0 Å². The zero-order valence-electron chi connectivity index (χ0n) is 22.4. The average Bonchev–Trinajstić information content (AvgIpc) is 3.23. The Morgan fingerprint density at radius 1 is 1.17 bits per heavy atom. The standard InChI is InChI=1S/C29H41NO6/c1-21(32)29(4)20-30(27(18-31)36-19-22-10-8-7-9-11-22)17-24(29)23-12-13-25(33-5)26(16-23)35-15-14-28(2,3)34-6/h7-13,16,18,21,24,27,32H,14-15,17,19-20H2,1-6H3/t21-,24?,27?,29?/m1/s1. The van der Waals surface area contributed by atoms with Crippen LogP contribution in [0.15, 0.2) is 48.5 Å². The van der Waals surface area contributed by atoms with Crippen molar-refractivity contribution in [1.29, 1.82) is 0 Å². The van der Waals surface area contributed by atoms with Crippen molar-refractivity contribution in [3.8, 4) is 11.5 Å². The molecule has 36 heavy (non-hydrogen) atoms. The second kappa shape index (κ2) is 12.2. The van der Waals surface area contributed by atoms with Crippen LogP contribution >= 0.6 is 0 Å². The van der Waals surface area contributed by atoms with Crippen molar-refractivity contribution in [1.82, 2.24) is 4.90 Å². The Balaban J connectivity index is 1.80. The lowest BCUT2D eigenvalue weighted by Crippen LogP contribution is -2.41. The Morgan fingerprint density at radius 3 is 2.50 bits per heavy atom. The molecule has 7 nitrogen and oxygen atoms in total. The molecule has 1 fully saturated rings. The minimum Gasteiger partial charge on any atom is -0.493 e. The number of aldehydes is 1.